The van der Waals surface area contributed by atoms with Crippen LogP contribution in [0.25, 0.3) is 10.8 Å². The van der Waals surface area contributed by atoms with Gasteiger partial charge >= 0.3 is 0 Å². The van der Waals surface area contributed by atoms with Crippen molar-refractivity contribution < 1.29 is 4.79 Å². The number of amides is 1. The van der Waals surface area contributed by atoms with Crippen LogP contribution in [0.15, 0.2) is 66.9 Å². The van der Waals surface area contributed by atoms with Crippen LogP contribution in [0, 0.1) is 0 Å². The lowest BCUT2D eigenvalue weighted by molar-refractivity contribution is -0.113. The van der Waals surface area contributed by atoms with E-state index in [0.717, 1.165) is 34.3 Å². The zero-order valence-electron chi connectivity index (χ0n) is 12.7. The molecule has 0 aliphatic heterocycles. The third kappa shape index (κ3) is 4.33. The van der Waals surface area contributed by atoms with Crippen molar-refractivity contribution in [1.29, 1.82) is 0 Å². The molecule has 0 fully saturated rings. The molecule has 1 aromatic heterocycles. The SMILES string of the molecule is O=C(CSCCc1ccccn1)Nc1cccc2ccccc12. The maximum absolute atomic E-state index is 12.1. The van der Waals surface area contributed by atoms with Crippen LogP contribution in [0.1, 0.15) is 5.69 Å². The summed E-state index contributed by atoms with van der Waals surface area (Å²) in [5.74, 6) is 1.38. The first kappa shape index (κ1) is 15.6. The first-order valence-corrected chi connectivity index (χ1v) is 8.74. The second-order valence-electron chi connectivity index (χ2n) is 5.20. The number of nitrogens with one attached hydrogen (secondary N) is 1. The number of hydrogen-bond donors (Lipinski definition) is 1. The Morgan fingerprint density at radius 3 is 2.70 bits per heavy atom. The Labute approximate surface area is 140 Å². The smallest absolute Gasteiger partial charge is 0.234 e. The summed E-state index contributed by atoms with van der Waals surface area (Å²) < 4.78 is 0. The third-order valence-corrected chi connectivity index (χ3v) is 4.48. The van der Waals surface area contributed by atoms with E-state index in [9.17, 15) is 4.79 Å². The molecule has 0 spiro atoms. The molecule has 3 nitrogen and oxygen atoms in total. The lowest BCUT2D eigenvalue weighted by atomic mass is 10.1. The van der Waals surface area contributed by atoms with Crippen molar-refractivity contribution in [1.82, 2.24) is 4.98 Å². The molecule has 0 saturated carbocycles. The minimum atomic E-state index is 0.0346. The first-order valence-electron chi connectivity index (χ1n) is 7.58. The predicted octanol–water partition coefficient (Wildman–Crippen LogP) is 4.15. The van der Waals surface area contributed by atoms with E-state index in [4.69, 9.17) is 0 Å². The van der Waals surface area contributed by atoms with Crippen LogP contribution in [0.3, 0.4) is 0 Å². The number of carbonyl (C=O) groups is 1. The zero-order valence-corrected chi connectivity index (χ0v) is 13.6. The van der Waals surface area contributed by atoms with Gasteiger partial charge in [-0.2, -0.15) is 11.8 Å². The van der Waals surface area contributed by atoms with Gasteiger partial charge in [-0.05, 0) is 35.8 Å². The van der Waals surface area contributed by atoms with Crippen molar-refractivity contribution in [2.24, 2.45) is 0 Å². The molecule has 116 valence electrons. The van der Waals surface area contributed by atoms with Crippen LogP contribution in [-0.2, 0) is 11.2 Å². The number of nitrogens with zero attached hydrogens (tertiary/aromatic N) is 1. The molecule has 3 rings (SSSR count). The van der Waals surface area contributed by atoms with Crippen molar-refractivity contribution in [2.75, 3.05) is 16.8 Å². The van der Waals surface area contributed by atoms with Gasteiger partial charge in [0, 0.05) is 23.0 Å². The van der Waals surface area contributed by atoms with Gasteiger partial charge < -0.3 is 5.32 Å². The van der Waals surface area contributed by atoms with Gasteiger partial charge in [0.05, 0.1) is 5.75 Å². The summed E-state index contributed by atoms with van der Waals surface area (Å²) in [6.45, 7) is 0. The standard InChI is InChI=1S/C19H18N2OS/c22-19(14-23-13-11-16-8-3-4-12-20-16)21-18-10-5-7-15-6-1-2-9-17(15)18/h1-10,12H,11,13-14H2,(H,21,22). The molecule has 0 saturated heterocycles. The highest BCUT2D eigenvalue weighted by Gasteiger charge is 2.05. The molecule has 0 bridgehead atoms. The molecule has 23 heavy (non-hydrogen) atoms. The second-order valence-corrected chi connectivity index (χ2v) is 6.30. The Kier molecular flexibility index (Phi) is 5.27. The van der Waals surface area contributed by atoms with E-state index >= 15 is 0 Å². The lowest BCUT2D eigenvalue weighted by Gasteiger charge is -2.08. The highest BCUT2D eigenvalue weighted by atomic mass is 32.2. The van der Waals surface area contributed by atoms with Crippen molar-refractivity contribution in [2.45, 2.75) is 6.42 Å². The van der Waals surface area contributed by atoms with Gasteiger partial charge in [0.2, 0.25) is 5.91 Å². The van der Waals surface area contributed by atoms with Crippen molar-refractivity contribution >= 4 is 34.1 Å². The summed E-state index contributed by atoms with van der Waals surface area (Å²) >= 11 is 1.63. The first-order chi connectivity index (χ1) is 11.3. The Balaban J connectivity index is 1.51. The number of hydrogen-bond acceptors (Lipinski definition) is 3. The summed E-state index contributed by atoms with van der Waals surface area (Å²) in [4.78, 5) is 16.4. The van der Waals surface area contributed by atoms with Crippen molar-refractivity contribution in [3.8, 4) is 0 Å². The maximum atomic E-state index is 12.1. The number of benzene rings is 2. The summed E-state index contributed by atoms with van der Waals surface area (Å²) in [5.41, 5.74) is 1.94. The van der Waals surface area contributed by atoms with Gasteiger partial charge in [0.1, 0.15) is 0 Å². The van der Waals surface area contributed by atoms with Crippen LogP contribution in [-0.4, -0.2) is 22.4 Å². The van der Waals surface area contributed by atoms with Gasteiger partial charge in [-0.3, -0.25) is 9.78 Å². The monoisotopic (exact) mass is 322 g/mol. The number of carbonyl (C=O) groups excluding carboxylic acids is 1. The van der Waals surface area contributed by atoms with Crippen LogP contribution < -0.4 is 5.32 Å². The molecular weight excluding hydrogens is 304 g/mol. The quantitative estimate of drug-likeness (QED) is 0.693. The Hall–Kier alpha value is -2.33. The van der Waals surface area contributed by atoms with E-state index in [2.05, 4.69) is 10.3 Å². The predicted molar refractivity (Wildman–Crippen MR) is 97.8 cm³/mol. The molecule has 3 aromatic rings. The maximum Gasteiger partial charge on any atom is 0.234 e. The largest absolute Gasteiger partial charge is 0.325 e. The fourth-order valence-electron chi connectivity index (χ4n) is 2.41. The number of aryl methyl sites for hydroxylation is 1. The number of anilines is 1. The Morgan fingerprint density at radius 2 is 1.83 bits per heavy atom. The van der Waals surface area contributed by atoms with E-state index in [0.29, 0.717) is 5.75 Å². The second kappa shape index (κ2) is 7.79. The molecule has 1 amide bonds. The van der Waals surface area contributed by atoms with E-state index in [1.807, 2.05) is 60.7 Å². The molecule has 0 atom stereocenters. The lowest BCUT2D eigenvalue weighted by Crippen LogP contribution is -2.14. The number of pyridine rings is 1. The molecular formula is C19H18N2OS. The zero-order chi connectivity index (χ0) is 15.9. The summed E-state index contributed by atoms with van der Waals surface area (Å²) in [7, 11) is 0. The molecule has 4 heteroatoms. The minimum Gasteiger partial charge on any atom is -0.325 e. The molecule has 0 radical (unpaired) electrons. The van der Waals surface area contributed by atoms with Gasteiger partial charge in [-0.1, -0.05) is 42.5 Å². The molecule has 0 aliphatic rings. The van der Waals surface area contributed by atoms with Crippen molar-refractivity contribution in [3.05, 3.63) is 72.6 Å². The molecule has 0 aliphatic carbocycles. The van der Waals surface area contributed by atoms with E-state index < -0.39 is 0 Å². The summed E-state index contributed by atoms with van der Waals surface area (Å²) in [5, 5.41) is 5.21. The van der Waals surface area contributed by atoms with Crippen LogP contribution in [0.2, 0.25) is 0 Å². The normalized spacial score (nSPS) is 10.6. The van der Waals surface area contributed by atoms with Gasteiger partial charge in [0.15, 0.2) is 0 Å². The van der Waals surface area contributed by atoms with Crippen molar-refractivity contribution in [3.63, 3.8) is 0 Å². The number of thioether (sulfide) groups is 1. The van der Waals surface area contributed by atoms with Crippen LogP contribution in [0.4, 0.5) is 5.69 Å². The fourth-order valence-corrected chi connectivity index (χ4v) is 3.16. The third-order valence-electron chi connectivity index (χ3n) is 3.53. The fraction of sp³-hybridized carbons (Fsp3) is 0.158. The van der Waals surface area contributed by atoms with Gasteiger partial charge in [0.25, 0.3) is 0 Å². The Morgan fingerprint density at radius 1 is 1.00 bits per heavy atom. The molecule has 0 unspecified atom stereocenters. The topological polar surface area (TPSA) is 42.0 Å². The Bertz CT molecular complexity index is 784. The van der Waals surface area contributed by atoms with E-state index in [1.54, 1.807) is 18.0 Å². The number of rotatable bonds is 6. The summed E-state index contributed by atoms with van der Waals surface area (Å²) in [6, 6.07) is 19.9. The minimum absolute atomic E-state index is 0.0346. The number of aromatic nitrogens is 1. The van der Waals surface area contributed by atoms with Crippen LogP contribution >= 0.6 is 11.8 Å². The van der Waals surface area contributed by atoms with Crippen LogP contribution in [0.5, 0.6) is 0 Å². The molecule has 2 aromatic carbocycles. The van der Waals surface area contributed by atoms with Gasteiger partial charge in [-0.15, -0.1) is 0 Å². The average Bonchev–Trinajstić information content (AvgIpc) is 2.60. The molecule has 1 N–H and O–H groups in total. The van der Waals surface area contributed by atoms with Gasteiger partial charge in [-0.25, -0.2) is 0 Å². The highest BCUT2D eigenvalue weighted by Crippen LogP contribution is 2.23. The number of fused-ring (bicyclic) bond motifs is 1. The molecule has 1 heterocycles. The average molecular weight is 322 g/mol. The summed E-state index contributed by atoms with van der Waals surface area (Å²) in [6.07, 6.45) is 2.68. The highest BCUT2D eigenvalue weighted by molar-refractivity contribution is 7.99. The van der Waals surface area contributed by atoms with E-state index in [1.165, 1.54) is 0 Å². The van der Waals surface area contributed by atoms with E-state index in [-0.39, 0.29) is 5.91 Å².